The van der Waals surface area contributed by atoms with Crippen LogP contribution in [-0.4, -0.2) is 60.8 Å². The van der Waals surface area contributed by atoms with Gasteiger partial charge in [0.1, 0.15) is 0 Å². The van der Waals surface area contributed by atoms with Crippen LogP contribution in [0.3, 0.4) is 0 Å². The number of amides is 2. The van der Waals surface area contributed by atoms with Gasteiger partial charge in [-0.05, 0) is 12.5 Å². The molecule has 2 atom stereocenters. The summed E-state index contributed by atoms with van der Waals surface area (Å²) in [5.74, 6) is 0. The van der Waals surface area contributed by atoms with Gasteiger partial charge in [0, 0.05) is 26.2 Å². The van der Waals surface area contributed by atoms with Crippen LogP contribution in [0.5, 0.6) is 0 Å². The molecule has 2 heterocycles. The van der Waals surface area contributed by atoms with Gasteiger partial charge in [-0.25, -0.2) is 4.79 Å². The molecule has 2 fully saturated rings. The summed E-state index contributed by atoms with van der Waals surface area (Å²) in [7, 11) is 0. The van der Waals surface area contributed by atoms with Gasteiger partial charge in [0.15, 0.2) is 0 Å². The monoisotopic (exact) mass is 289 g/mol. The van der Waals surface area contributed by atoms with Gasteiger partial charge in [-0.2, -0.15) is 0 Å². The van der Waals surface area contributed by atoms with E-state index in [-0.39, 0.29) is 12.1 Å². The second kappa shape index (κ2) is 6.45. The van der Waals surface area contributed by atoms with Crippen molar-refractivity contribution in [2.24, 2.45) is 0 Å². The quantitative estimate of drug-likeness (QED) is 0.912. The molecule has 5 heteroatoms. The van der Waals surface area contributed by atoms with Gasteiger partial charge in [-0.1, -0.05) is 30.3 Å². The fourth-order valence-corrected chi connectivity index (χ4v) is 3.20. The third-order valence-electron chi connectivity index (χ3n) is 4.26. The number of nitrogens with zero attached hydrogens (tertiary/aromatic N) is 2. The number of hydrogen-bond donors (Lipinski definition) is 1. The summed E-state index contributed by atoms with van der Waals surface area (Å²) in [5, 5.41) is 2.87. The molecule has 3 rings (SSSR count). The molecule has 2 saturated heterocycles. The zero-order chi connectivity index (χ0) is 14.7. The lowest BCUT2D eigenvalue weighted by atomic mass is 10.1. The molecule has 2 aliphatic heterocycles. The summed E-state index contributed by atoms with van der Waals surface area (Å²) >= 11 is 0. The van der Waals surface area contributed by atoms with Crippen LogP contribution >= 0.6 is 0 Å². The minimum absolute atomic E-state index is 0.0233. The van der Waals surface area contributed by atoms with Crippen LogP contribution in [0.2, 0.25) is 0 Å². The Balaban J connectivity index is 1.65. The summed E-state index contributed by atoms with van der Waals surface area (Å²) in [6.45, 7) is 6.66. The normalized spacial score (nSPS) is 25.7. The van der Waals surface area contributed by atoms with E-state index in [1.54, 1.807) is 0 Å². The van der Waals surface area contributed by atoms with Crippen LogP contribution in [-0.2, 0) is 11.3 Å². The average molecular weight is 289 g/mol. The first kappa shape index (κ1) is 14.4. The van der Waals surface area contributed by atoms with Gasteiger partial charge < -0.3 is 15.0 Å². The lowest BCUT2D eigenvalue weighted by molar-refractivity contribution is -0.0503. The first-order valence-corrected chi connectivity index (χ1v) is 7.70. The predicted molar refractivity (Wildman–Crippen MR) is 81.0 cm³/mol. The number of morpholine rings is 1. The van der Waals surface area contributed by atoms with Crippen molar-refractivity contribution in [1.29, 1.82) is 0 Å². The topological polar surface area (TPSA) is 44.8 Å². The molecule has 0 radical (unpaired) electrons. The van der Waals surface area contributed by atoms with E-state index in [9.17, 15) is 4.79 Å². The Morgan fingerprint density at radius 3 is 2.90 bits per heavy atom. The van der Waals surface area contributed by atoms with Crippen molar-refractivity contribution >= 4 is 6.03 Å². The lowest BCUT2D eigenvalue weighted by Gasteiger charge is -2.36. The fourth-order valence-electron chi connectivity index (χ4n) is 3.20. The molecule has 0 aliphatic carbocycles. The number of carbonyl (C=O) groups is 1. The number of nitrogens with one attached hydrogen (secondary N) is 1. The second-order valence-corrected chi connectivity index (χ2v) is 5.67. The SMILES string of the molecule is CCNC(=O)N1CC2OCCN(Cc3ccccc3)C2C1. The molecule has 1 N–H and O–H groups in total. The molecule has 0 spiro atoms. The van der Waals surface area contributed by atoms with E-state index in [4.69, 9.17) is 4.74 Å². The molecule has 2 unspecified atom stereocenters. The Labute approximate surface area is 125 Å². The predicted octanol–water partition coefficient (Wildman–Crippen LogP) is 1.30. The molecular formula is C16H23N3O2. The summed E-state index contributed by atoms with van der Waals surface area (Å²) in [4.78, 5) is 16.3. The number of carbonyl (C=O) groups excluding carboxylic acids is 1. The summed E-state index contributed by atoms with van der Waals surface area (Å²) in [6, 6.07) is 10.8. The first-order valence-electron chi connectivity index (χ1n) is 7.70. The zero-order valence-corrected chi connectivity index (χ0v) is 12.5. The third-order valence-corrected chi connectivity index (χ3v) is 4.26. The van der Waals surface area contributed by atoms with Crippen molar-refractivity contribution in [3.8, 4) is 0 Å². The number of fused-ring (bicyclic) bond motifs is 1. The maximum atomic E-state index is 12.0. The van der Waals surface area contributed by atoms with E-state index in [0.29, 0.717) is 19.1 Å². The summed E-state index contributed by atoms with van der Waals surface area (Å²) in [5.41, 5.74) is 1.31. The van der Waals surface area contributed by atoms with E-state index < -0.39 is 0 Å². The zero-order valence-electron chi connectivity index (χ0n) is 12.5. The van der Waals surface area contributed by atoms with E-state index in [2.05, 4.69) is 34.5 Å². The molecule has 0 bridgehead atoms. The molecule has 2 amide bonds. The van der Waals surface area contributed by atoms with Gasteiger partial charge in [-0.15, -0.1) is 0 Å². The third kappa shape index (κ3) is 3.19. The van der Waals surface area contributed by atoms with Crippen LogP contribution in [0.25, 0.3) is 0 Å². The molecule has 0 saturated carbocycles. The molecule has 2 aliphatic rings. The highest BCUT2D eigenvalue weighted by Crippen LogP contribution is 2.24. The Kier molecular flexibility index (Phi) is 4.41. The first-order chi connectivity index (χ1) is 10.3. The summed E-state index contributed by atoms with van der Waals surface area (Å²) in [6.07, 6.45) is 0.144. The maximum Gasteiger partial charge on any atom is 0.317 e. The summed E-state index contributed by atoms with van der Waals surface area (Å²) < 4.78 is 5.87. The molecule has 5 nitrogen and oxygen atoms in total. The van der Waals surface area contributed by atoms with Crippen LogP contribution in [0.15, 0.2) is 30.3 Å². The van der Waals surface area contributed by atoms with Gasteiger partial charge in [0.25, 0.3) is 0 Å². The average Bonchev–Trinajstić information content (AvgIpc) is 2.94. The Bertz CT molecular complexity index is 480. The van der Waals surface area contributed by atoms with Gasteiger partial charge >= 0.3 is 6.03 Å². The van der Waals surface area contributed by atoms with Crippen LogP contribution in [0, 0.1) is 0 Å². The van der Waals surface area contributed by atoms with Crippen LogP contribution < -0.4 is 5.32 Å². The Hall–Kier alpha value is -1.59. The second-order valence-electron chi connectivity index (χ2n) is 5.67. The Morgan fingerprint density at radius 2 is 2.14 bits per heavy atom. The van der Waals surface area contributed by atoms with Crippen molar-refractivity contribution in [1.82, 2.24) is 15.1 Å². The van der Waals surface area contributed by atoms with Crippen molar-refractivity contribution < 1.29 is 9.53 Å². The van der Waals surface area contributed by atoms with Crippen LogP contribution in [0.4, 0.5) is 4.79 Å². The van der Waals surface area contributed by atoms with Gasteiger partial charge in [0.05, 0.1) is 25.3 Å². The highest BCUT2D eigenvalue weighted by atomic mass is 16.5. The van der Waals surface area contributed by atoms with Gasteiger partial charge in [0.2, 0.25) is 0 Å². The van der Waals surface area contributed by atoms with Crippen molar-refractivity contribution in [2.75, 3.05) is 32.8 Å². The standard InChI is InChI=1S/C16H23N3O2/c1-2-17-16(20)19-11-14-15(12-19)21-9-8-18(14)10-13-6-4-3-5-7-13/h3-7,14-15H,2,8-12H2,1H3,(H,17,20). The van der Waals surface area contributed by atoms with E-state index in [1.165, 1.54) is 5.56 Å². The molecule has 1 aromatic carbocycles. The van der Waals surface area contributed by atoms with Gasteiger partial charge in [-0.3, -0.25) is 4.90 Å². The smallest absolute Gasteiger partial charge is 0.317 e. The molecule has 1 aromatic rings. The number of benzene rings is 1. The fraction of sp³-hybridized carbons (Fsp3) is 0.562. The molecule has 114 valence electrons. The maximum absolute atomic E-state index is 12.0. The lowest BCUT2D eigenvalue weighted by Crippen LogP contribution is -2.50. The number of ether oxygens (including phenoxy) is 1. The Morgan fingerprint density at radius 1 is 1.33 bits per heavy atom. The minimum Gasteiger partial charge on any atom is -0.373 e. The number of urea groups is 1. The van der Waals surface area contributed by atoms with Crippen molar-refractivity contribution in [3.63, 3.8) is 0 Å². The van der Waals surface area contributed by atoms with E-state index in [0.717, 1.165) is 26.2 Å². The van der Waals surface area contributed by atoms with E-state index >= 15 is 0 Å². The number of hydrogen-bond acceptors (Lipinski definition) is 3. The number of rotatable bonds is 3. The van der Waals surface area contributed by atoms with E-state index in [1.807, 2.05) is 17.9 Å². The minimum atomic E-state index is 0.0233. The van der Waals surface area contributed by atoms with Crippen molar-refractivity contribution in [3.05, 3.63) is 35.9 Å². The molecular weight excluding hydrogens is 266 g/mol. The van der Waals surface area contributed by atoms with Crippen LogP contribution in [0.1, 0.15) is 12.5 Å². The molecule has 0 aromatic heterocycles. The largest absolute Gasteiger partial charge is 0.373 e. The number of likely N-dealkylation sites (tertiary alicyclic amines) is 1. The highest BCUT2D eigenvalue weighted by Gasteiger charge is 2.41. The van der Waals surface area contributed by atoms with Crippen molar-refractivity contribution in [2.45, 2.75) is 25.6 Å². The molecule has 21 heavy (non-hydrogen) atoms. The highest BCUT2D eigenvalue weighted by molar-refractivity contribution is 5.74.